The van der Waals surface area contributed by atoms with E-state index in [9.17, 15) is 0 Å². The van der Waals surface area contributed by atoms with Crippen molar-refractivity contribution in [1.29, 1.82) is 0 Å². The Labute approximate surface area is 77.1 Å². The molecule has 66 valence electrons. The predicted octanol–water partition coefficient (Wildman–Crippen LogP) is 2.74. The number of rotatable bonds is 4. The molecule has 0 amide bonds. The normalized spacial score (nSPS) is 9.83. The molecule has 0 aromatic heterocycles. The second-order valence-electron chi connectivity index (χ2n) is 2.14. The van der Waals surface area contributed by atoms with Gasteiger partial charge >= 0.3 is 0 Å². The summed E-state index contributed by atoms with van der Waals surface area (Å²) < 4.78 is 10.3. The highest BCUT2D eigenvalue weighted by molar-refractivity contribution is 7.94. The van der Waals surface area contributed by atoms with Crippen LogP contribution in [0.5, 0.6) is 5.75 Å². The highest BCUT2D eigenvalue weighted by Crippen LogP contribution is 2.28. The summed E-state index contributed by atoms with van der Waals surface area (Å²) in [6.45, 7) is 2.66. The molecule has 0 N–H and O–H groups in total. The summed E-state index contributed by atoms with van der Waals surface area (Å²) in [5.74, 6) is 0.857. The molecule has 0 unspecified atom stereocenters. The van der Waals surface area contributed by atoms with Gasteiger partial charge in [-0.2, -0.15) is 0 Å². The van der Waals surface area contributed by atoms with Crippen LogP contribution in [0.1, 0.15) is 6.92 Å². The van der Waals surface area contributed by atoms with E-state index >= 15 is 0 Å². The molecule has 1 aromatic rings. The van der Waals surface area contributed by atoms with E-state index in [1.807, 2.05) is 31.2 Å². The molecule has 0 aliphatic rings. The van der Waals surface area contributed by atoms with Crippen molar-refractivity contribution in [2.75, 3.05) is 13.7 Å². The van der Waals surface area contributed by atoms with Crippen LogP contribution >= 0.6 is 12.0 Å². The van der Waals surface area contributed by atoms with Gasteiger partial charge in [-0.15, -0.1) is 0 Å². The third-order valence-corrected chi connectivity index (χ3v) is 2.21. The minimum absolute atomic E-state index is 0.697. The van der Waals surface area contributed by atoms with Gasteiger partial charge in [0.1, 0.15) is 5.75 Å². The molecule has 0 aliphatic heterocycles. The molecule has 0 bridgehead atoms. The zero-order chi connectivity index (χ0) is 8.81. The zero-order valence-electron chi connectivity index (χ0n) is 7.24. The first-order valence-corrected chi connectivity index (χ1v) is 4.55. The second kappa shape index (κ2) is 5.06. The second-order valence-corrected chi connectivity index (χ2v) is 2.98. The van der Waals surface area contributed by atoms with Gasteiger partial charge in [0.2, 0.25) is 0 Å². The van der Waals surface area contributed by atoms with Crippen molar-refractivity contribution in [3.63, 3.8) is 0 Å². The number of para-hydroxylation sites is 1. The van der Waals surface area contributed by atoms with Crippen molar-refractivity contribution in [3.05, 3.63) is 24.3 Å². The van der Waals surface area contributed by atoms with Crippen molar-refractivity contribution in [1.82, 2.24) is 0 Å². The summed E-state index contributed by atoms with van der Waals surface area (Å²) >= 11 is 1.35. The van der Waals surface area contributed by atoms with Crippen LogP contribution in [0.4, 0.5) is 0 Å². The van der Waals surface area contributed by atoms with E-state index in [1.165, 1.54) is 12.0 Å². The Morgan fingerprint density at radius 2 is 2.08 bits per heavy atom. The number of hydrogen-bond acceptors (Lipinski definition) is 3. The largest absolute Gasteiger partial charge is 0.496 e. The van der Waals surface area contributed by atoms with Crippen molar-refractivity contribution in [2.24, 2.45) is 0 Å². The van der Waals surface area contributed by atoms with Crippen molar-refractivity contribution >= 4 is 12.0 Å². The lowest BCUT2D eigenvalue weighted by Crippen LogP contribution is -1.86. The van der Waals surface area contributed by atoms with E-state index in [4.69, 9.17) is 8.92 Å². The molecular formula is C9H12O2S. The Kier molecular flexibility index (Phi) is 3.97. The van der Waals surface area contributed by atoms with Crippen LogP contribution in [-0.4, -0.2) is 13.7 Å². The third-order valence-electron chi connectivity index (χ3n) is 1.34. The van der Waals surface area contributed by atoms with Crippen LogP contribution in [0.2, 0.25) is 0 Å². The van der Waals surface area contributed by atoms with E-state index in [2.05, 4.69) is 0 Å². The van der Waals surface area contributed by atoms with Crippen LogP contribution in [0.15, 0.2) is 29.2 Å². The summed E-state index contributed by atoms with van der Waals surface area (Å²) in [5, 5.41) is 0. The smallest absolute Gasteiger partial charge is 0.134 e. The van der Waals surface area contributed by atoms with Gasteiger partial charge in [-0.1, -0.05) is 12.1 Å². The molecule has 0 fully saturated rings. The minimum Gasteiger partial charge on any atom is -0.496 e. The van der Waals surface area contributed by atoms with E-state index in [0.717, 1.165) is 10.6 Å². The van der Waals surface area contributed by atoms with Crippen LogP contribution in [-0.2, 0) is 4.18 Å². The number of ether oxygens (including phenoxy) is 1. The van der Waals surface area contributed by atoms with Crippen LogP contribution < -0.4 is 4.74 Å². The van der Waals surface area contributed by atoms with Crippen molar-refractivity contribution < 1.29 is 8.92 Å². The quantitative estimate of drug-likeness (QED) is 0.670. The van der Waals surface area contributed by atoms with Gasteiger partial charge in [-0.05, 0) is 19.1 Å². The van der Waals surface area contributed by atoms with Crippen LogP contribution in [0, 0.1) is 0 Å². The summed E-state index contributed by atoms with van der Waals surface area (Å²) in [4.78, 5) is 1.02. The molecule has 12 heavy (non-hydrogen) atoms. The molecule has 0 heterocycles. The monoisotopic (exact) mass is 184 g/mol. The molecule has 3 heteroatoms. The van der Waals surface area contributed by atoms with Crippen molar-refractivity contribution in [2.45, 2.75) is 11.8 Å². The molecule has 0 saturated carbocycles. The lowest BCUT2D eigenvalue weighted by Gasteiger charge is -2.05. The minimum atomic E-state index is 0.697. The third kappa shape index (κ3) is 2.43. The van der Waals surface area contributed by atoms with E-state index in [1.54, 1.807) is 7.11 Å². The average molecular weight is 184 g/mol. The molecule has 0 aliphatic carbocycles. The van der Waals surface area contributed by atoms with E-state index < -0.39 is 0 Å². The van der Waals surface area contributed by atoms with Crippen molar-refractivity contribution in [3.8, 4) is 5.75 Å². The Morgan fingerprint density at radius 1 is 1.33 bits per heavy atom. The van der Waals surface area contributed by atoms with Gasteiger partial charge in [0.15, 0.2) is 0 Å². The summed E-state index contributed by atoms with van der Waals surface area (Å²) in [6, 6.07) is 7.79. The Balaban J connectivity index is 2.68. The lowest BCUT2D eigenvalue weighted by molar-refractivity contribution is 0.388. The summed E-state index contributed by atoms with van der Waals surface area (Å²) in [6.07, 6.45) is 0. The number of hydrogen-bond donors (Lipinski definition) is 0. The molecule has 2 nitrogen and oxygen atoms in total. The van der Waals surface area contributed by atoms with Crippen LogP contribution in [0.25, 0.3) is 0 Å². The number of methoxy groups -OCH3 is 1. The Bertz CT molecular complexity index is 238. The topological polar surface area (TPSA) is 18.5 Å². The molecule has 0 saturated heterocycles. The maximum Gasteiger partial charge on any atom is 0.134 e. The molecule has 0 spiro atoms. The highest BCUT2D eigenvalue weighted by atomic mass is 32.2. The first kappa shape index (κ1) is 9.42. The summed E-state index contributed by atoms with van der Waals surface area (Å²) in [5.41, 5.74) is 0. The van der Waals surface area contributed by atoms with E-state index in [-0.39, 0.29) is 0 Å². The highest BCUT2D eigenvalue weighted by Gasteiger charge is 2.00. The van der Waals surface area contributed by atoms with Gasteiger partial charge in [0.05, 0.1) is 18.6 Å². The Morgan fingerprint density at radius 3 is 2.75 bits per heavy atom. The van der Waals surface area contributed by atoms with Gasteiger partial charge in [-0.25, -0.2) is 0 Å². The number of benzene rings is 1. The van der Waals surface area contributed by atoms with Crippen LogP contribution in [0.3, 0.4) is 0 Å². The van der Waals surface area contributed by atoms with E-state index in [0.29, 0.717) is 6.61 Å². The molecular weight excluding hydrogens is 172 g/mol. The summed E-state index contributed by atoms with van der Waals surface area (Å²) in [7, 11) is 1.66. The van der Waals surface area contributed by atoms with Gasteiger partial charge in [0.25, 0.3) is 0 Å². The predicted molar refractivity (Wildman–Crippen MR) is 50.5 cm³/mol. The fourth-order valence-corrected chi connectivity index (χ4v) is 1.42. The fraction of sp³-hybridized carbons (Fsp3) is 0.333. The van der Waals surface area contributed by atoms with Gasteiger partial charge < -0.3 is 8.92 Å². The standard InChI is InChI=1S/C9H12O2S/c1-3-11-12-9-7-5-4-6-8(9)10-2/h4-7H,3H2,1-2H3. The Hall–Kier alpha value is -0.670. The average Bonchev–Trinajstić information content (AvgIpc) is 2.15. The first-order valence-electron chi connectivity index (χ1n) is 3.81. The van der Waals surface area contributed by atoms with Gasteiger partial charge in [0, 0.05) is 12.0 Å². The first-order chi connectivity index (χ1) is 5.88. The zero-order valence-corrected chi connectivity index (χ0v) is 8.06. The fourth-order valence-electron chi connectivity index (χ4n) is 0.810. The van der Waals surface area contributed by atoms with Gasteiger partial charge in [-0.3, -0.25) is 0 Å². The lowest BCUT2D eigenvalue weighted by atomic mass is 10.3. The SMILES string of the molecule is CCOSc1ccccc1OC. The molecule has 0 radical (unpaired) electrons. The maximum atomic E-state index is 5.20. The molecule has 1 aromatic carbocycles. The molecule has 1 rings (SSSR count). The molecule has 0 atom stereocenters. The maximum absolute atomic E-state index is 5.20.